The van der Waals surface area contributed by atoms with Crippen LogP contribution in [0.2, 0.25) is 31.0 Å². The van der Waals surface area contributed by atoms with Gasteiger partial charge in [-0.05, 0) is 23.2 Å². The van der Waals surface area contributed by atoms with Gasteiger partial charge in [0.2, 0.25) is 5.28 Å². The smallest absolute Gasteiger partial charge is 0.360 e. The number of rotatable bonds is 8. The van der Waals surface area contributed by atoms with Gasteiger partial charge in [-0.25, -0.2) is 19.6 Å². The summed E-state index contributed by atoms with van der Waals surface area (Å²) >= 11 is 6.04. The molecule has 0 atom stereocenters. The zero-order valence-electron chi connectivity index (χ0n) is 19.9. The minimum absolute atomic E-state index is 0.128. The molecule has 1 aromatic carbocycles. The fraction of sp³-hybridized carbons (Fsp3) is 0.391. The van der Waals surface area contributed by atoms with E-state index in [1.807, 2.05) is 12.1 Å². The summed E-state index contributed by atoms with van der Waals surface area (Å²) < 4.78 is 48.0. The molecular weight excluding hydrogens is 497 g/mol. The Labute approximate surface area is 206 Å². The van der Waals surface area contributed by atoms with Crippen molar-refractivity contribution in [1.82, 2.24) is 29.3 Å². The lowest BCUT2D eigenvalue weighted by Gasteiger charge is -2.15. The van der Waals surface area contributed by atoms with Crippen molar-refractivity contribution in [3.8, 4) is 11.4 Å². The van der Waals surface area contributed by atoms with Crippen LogP contribution >= 0.6 is 11.6 Å². The molecular formula is C23H26ClF3N6OSi. The third kappa shape index (κ3) is 6.09. The van der Waals surface area contributed by atoms with Crippen LogP contribution in [0.3, 0.4) is 0 Å². The lowest BCUT2D eigenvalue weighted by atomic mass is 10.1. The van der Waals surface area contributed by atoms with E-state index in [4.69, 9.17) is 16.3 Å². The van der Waals surface area contributed by atoms with Crippen LogP contribution in [-0.2, 0) is 31.1 Å². The Morgan fingerprint density at radius 3 is 2.43 bits per heavy atom. The topological polar surface area (TPSA) is 70.7 Å². The van der Waals surface area contributed by atoms with Gasteiger partial charge in [0.15, 0.2) is 5.69 Å². The highest BCUT2D eigenvalue weighted by atomic mass is 35.5. The van der Waals surface area contributed by atoms with Crippen molar-refractivity contribution in [2.24, 2.45) is 7.05 Å². The molecule has 0 unspecified atom stereocenters. The van der Waals surface area contributed by atoms with Gasteiger partial charge < -0.3 is 9.30 Å². The lowest BCUT2D eigenvalue weighted by molar-refractivity contribution is -0.140. The predicted molar refractivity (Wildman–Crippen MR) is 131 cm³/mol. The number of aromatic nitrogens is 6. The zero-order chi connectivity index (χ0) is 25.4. The van der Waals surface area contributed by atoms with E-state index in [0.717, 1.165) is 23.3 Å². The fourth-order valence-corrected chi connectivity index (χ4v) is 4.48. The molecule has 35 heavy (non-hydrogen) atoms. The molecule has 0 radical (unpaired) electrons. The number of ether oxygens (including phenoxy) is 1. The van der Waals surface area contributed by atoms with Crippen LogP contribution in [0, 0.1) is 0 Å². The van der Waals surface area contributed by atoms with Crippen molar-refractivity contribution in [2.75, 3.05) is 6.61 Å². The largest absolute Gasteiger partial charge is 0.434 e. The molecule has 3 heterocycles. The van der Waals surface area contributed by atoms with E-state index < -0.39 is 19.9 Å². The highest BCUT2D eigenvalue weighted by Gasteiger charge is 2.34. The van der Waals surface area contributed by atoms with E-state index in [0.29, 0.717) is 29.8 Å². The Kier molecular flexibility index (Phi) is 7.03. The third-order valence-electron chi connectivity index (χ3n) is 5.49. The number of hydrogen-bond donors (Lipinski definition) is 0. The second-order valence-corrected chi connectivity index (χ2v) is 15.6. The van der Waals surface area contributed by atoms with Crippen molar-refractivity contribution in [1.29, 1.82) is 0 Å². The lowest BCUT2D eigenvalue weighted by Crippen LogP contribution is -2.22. The summed E-state index contributed by atoms with van der Waals surface area (Å²) in [6, 6.07) is 8.23. The molecule has 0 amide bonds. The van der Waals surface area contributed by atoms with Gasteiger partial charge >= 0.3 is 6.18 Å². The molecule has 0 aliphatic heterocycles. The van der Waals surface area contributed by atoms with E-state index in [9.17, 15) is 13.2 Å². The number of halogens is 4. The number of imidazole rings is 1. The molecule has 0 fully saturated rings. The molecule has 4 rings (SSSR count). The van der Waals surface area contributed by atoms with Gasteiger partial charge in [-0.1, -0.05) is 43.9 Å². The Balaban J connectivity index is 1.54. The van der Waals surface area contributed by atoms with Crippen molar-refractivity contribution < 1.29 is 17.9 Å². The molecule has 0 spiro atoms. The number of benzene rings is 1. The second kappa shape index (κ2) is 9.71. The quantitative estimate of drug-likeness (QED) is 0.166. The maximum atomic E-state index is 13.0. The summed E-state index contributed by atoms with van der Waals surface area (Å²) in [5.41, 5.74) is 2.66. The van der Waals surface area contributed by atoms with Gasteiger partial charge in [-0.15, -0.1) is 0 Å². The Hall–Kier alpha value is -2.76. The molecule has 12 heteroatoms. The normalized spacial score (nSPS) is 12.6. The van der Waals surface area contributed by atoms with E-state index >= 15 is 0 Å². The van der Waals surface area contributed by atoms with Crippen LogP contribution in [0.15, 0.2) is 36.7 Å². The van der Waals surface area contributed by atoms with E-state index in [2.05, 4.69) is 39.7 Å². The average Bonchev–Trinajstić information content (AvgIpc) is 3.32. The van der Waals surface area contributed by atoms with Crippen LogP contribution in [0.25, 0.3) is 22.4 Å². The van der Waals surface area contributed by atoms with E-state index in [1.54, 1.807) is 30.1 Å². The van der Waals surface area contributed by atoms with Crippen molar-refractivity contribution in [3.63, 3.8) is 0 Å². The molecule has 0 bridgehead atoms. The van der Waals surface area contributed by atoms with Gasteiger partial charge in [0.1, 0.15) is 23.6 Å². The molecule has 0 N–H and O–H groups in total. The summed E-state index contributed by atoms with van der Waals surface area (Å²) in [5.74, 6) is 0.244. The highest BCUT2D eigenvalue weighted by Crippen LogP contribution is 2.31. The molecule has 3 aromatic heterocycles. The third-order valence-corrected chi connectivity index (χ3v) is 7.38. The van der Waals surface area contributed by atoms with Gasteiger partial charge in [-0.3, -0.25) is 0 Å². The maximum absolute atomic E-state index is 13.0. The van der Waals surface area contributed by atoms with Crippen LogP contribution in [-0.4, -0.2) is 44.0 Å². The Morgan fingerprint density at radius 2 is 1.80 bits per heavy atom. The predicted octanol–water partition coefficient (Wildman–Crippen LogP) is 5.80. The zero-order valence-corrected chi connectivity index (χ0v) is 21.7. The fourth-order valence-electron chi connectivity index (χ4n) is 3.59. The van der Waals surface area contributed by atoms with Gasteiger partial charge in [0.05, 0.1) is 11.9 Å². The molecule has 186 valence electrons. The van der Waals surface area contributed by atoms with Gasteiger partial charge in [0, 0.05) is 39.9 Å². The van der Waals surface area contributed by atoms with Crippen LogP contribution < -0.4 is 0 Å². The second-order valence-electron chi connectivity index (χ2n) is 9.60. The number of aryl methyl sites for hydroxylation is 1. The molecule has 0 aliphatic rings. The monoisotopic (exact) mass is 522 g/mol. The minimum Gasteiger partial charge on any atom is -0.360 e. The van der Waals surface area contributed by atoms with E-state index in [1.165, 1.54) is 4.57 Å². The molecule has 4 aromatic rings. The van der Waals surface area contributed by atoms with Gasteiger partial charge in [-0.2, -0.15) is 18.3 Å². The first-order chi connectivity index (χ1) is 16.4. The first-order valence-corrected chi connectivity index (χ1v) is 15.1. The van der Waals surface area contributed by atoms with Crippen molar-refractivity contribution in [3.05, 3.63) is 58.9 Å². The summed E-state index contributed by atoms with van der Waals surface area (Å²) in [4.78, 5) is 12.2. The van der Waals surface area contributed by atoms with Crippen LogP contribution in [0.1, 0.15) is 17.0 Å². The van der Waals surface area contributed by atoms with Crippen LogP contribution in [0.5, 0.6) is 0 Å². The number of fused-ring (bicyclic) bond motifs is 1. The molecule has 7 nitrogen and oxygen atoms in total. The van der Waals surface area contributed by atoms with Crippen molar-refractivity contribution >= 4 is 30.7 Å². The van der Waals surface area contributed by atoms with Gasteiger partial charge in [0.25, 0.3) is 0 Å². The summed E-state index contributed by atoms with van der Waals surface area (Å²) in [7, 11) is 0.339. The first kappa shape index (κ1) is 25.3. The standard InChI is InChI=1S/C23H26ClF3N6OSi/c1-32-13-19(23(25,26)27)29-21(32)16-7-5-15(6-8-16)11-17-20-18(12-28-22(24)30-20)33(31-17)14-34-9-10-35(2,3)4/h5-8,12-13H,9-11,14H2,1-4H3. The molecule has 0 aliphatic carbocycles. The summed E-state index contributed by atoms with van der Waals surface area (Å²) in [5, 5.41) is 4.81. The van der Waals surface area contributed by atoms with Crippen molar-refractivity contribution in [2.45, 2.75) is 45.0 Å². The summed E-state index contributed by atoms with van der Waals surface area (Å²) in [6.45, 7) is 7.82. The number of nitrogens with zero attached hydrogens (tertiary/aromatic N) is 6. The number of hydrogen-bond acceptors (Lipinski definition) is 5. The first-order valence-electron chi connectivity index (χ1n) is 11.1. The SMILES string of the molecule is Cn1cc(C(F)(F)F)nc1-c1ccc(Cc2nn(COCC[Si](C)(C)C)c3cnc(Cl)nc23)cc1. The molecule has 0 saturated heterocycles. The Morgan fingerprint density at radius 1 is 1.09 bits per heavy atom. The maximum Gasteiger partial charge on any atom is 0.434 e. The minimum atomic E-state index is -4.49. The van der Waals surface area contributed by atoms with Crippen LogP contribution in [0.4, 0.5) is 13.2 Å². The number of alkyl halides is 3. The average molecular weight is 523 g/mol. The summed E-state index contributed by atoms with van der Waals surface area (Å²) in [6.07, 6.45) is -1.42. The Bertz CT molecular complexity index is 1330. The molecule has 0 saturated carbocycles. The van der Waals surface area contributed by atoms with E-state index in [-0.39, 0.29) is 17.8 Å². The highest BCUT2D eigenvalue weighted by molar-refractivity contribution is 6.76.